The van der Waals surface area contributed by atoms with E-state index in [1.807, 2.05) is 0 Å². The van der Waals surface area contributed by atoms with E-state index in [2.05, 4.69) is 5.10 Å². The number of nitro groups is 1. The van der Waals surface area contributed by atoms with Crippen molar-refractivity contribution in [2.24, 2.45) is 0 Å². The molecule has 116 valence electrons. The molecule has 1 amide bonds. The molecule has 0 fully saturated rings. The van der Waals surface area contributed by atoms with E-state index in [9.17, 15) is 28.1 Å². The number of nitrogens with one attached hydrogen (secondary N) is 1. The van der Waals surface area contributed by atoms with Crippen LogP contribution in [0.4, 0.5) is 18.9 Å². The minimum Gasteiger partial charge on any atom is -0.343 e. The molecule has 22 heavy (non-hydrogen) atoms. The van der Waals surface area contributed by atoms with Gasteiger partial charge in [0, 0.05) is 18.3 Å². The SMILES string of the molecule is O=C(NCC(F)(F)F)c1cnn(-c2ccc([N+](=O)[O-])cc2)c1. The number of nitrogens with zero attached hydrogens (tertiary/aromatic N) is 3. The highest BCUT2D eigenvalue weighted by Gasteiger charge is 2.28. The van der Waals surface area contributed by atoms with Crippen molar-refractivity contribution in [2.75, 3.05) is 6.54 Å². The van der Waals surface area contributed by atoms with Gasteiger partial charge in [0.1, 0.15) is 6.54 Å². The van der Waals surface area contributed by atoms with E-state index in [4.69, 9.17) is 0 Å². The maximum atomic E-state index is 12.0. The Morgan fingerprint density at radius 3 is 2.50 bits per heavy atom. The number of carbonyl (C=O) groups is 1. The summed E-state index contributed by atoms with van der Waals surface area (Å²) in [5.41, 5.74) is 0.266. The molecular weight excluding hydrogens is 305 g/mol. The number of hydrogen-bond donors (Lipinski definition) is 1. The highest BCUT2D eigenvalue weighted by Crippen LogP contribution is 2.16. The van der Waals surface area contributed by atoms with E-state index in [1.54, 1.807) is 5.32 Å². The fourth-order valence-electron chi connectivity index (χ4n) is 1.59. The van der Waals surface area contributed by atoms with Crippen molar-refractivity contribution in [2.45, 2.75) is 6.18 Å². The molecule has 2 aromatic rings. The molecule has 0 bridgehead atoms. The van der Waals surface area contributed by atoms with Gasteiger partial charge in [-0.1, -0.05) is 0 Å². The lowest BCUT2D eigenvalue weighted by molar-refractivity contribution is -0.384. The molecule has 0 saturated heterocycles. The van der Waals surface area contributed by atoms with Gasteiger partial charge in [-0.05, 0) is 12.1 Å². The summed E-state index contributed by atoms with van der Waals surface area (Å²) in [6.45, 7) is -1.44. The lowest BCUT2D eigenvalue weighted by Crippen LogP contribution is -2.33. The van der Waals surface area contributed by atoms with Crippen LogP contribution in [0.15, 0.2) is 36.7 Å². The zero-order chi connectivity index (χ0) is 16.3. The van der Waals surface area contributed by atoms with Crippen molar-refractivity contribution in [1.29, 1.82) is 0 Å². The Labute approximate surface area is 121 Å². The standard InChI is InChI=1S/C12H9F3N4O3/c13-12(14,15)7-16-11(20)8-5-17-18(6-8)9-1-3-10(4-2-9)19(21)22/h1-6H,7H2,(H,16,20). The highest BCUT2D eigenvalue weighted by atomic mass is 19.4. The first-order valence-corrected chi connectivity index (χ1v) is 5.91. The van der Waals surface area contributed by atoms with E-state index in [0.29, 0.717) is 5.69 Å². The van der Waals surface area contributed by atoms with E-state index in [1.165, 1.54) is 35.1 Å². The fourth-order valence-corrected chi connectivity index (χ4v) is 1.59. The van der Waals surface area contributed by atoms with Crippen LogP contribution in [0.1, 0.15) is 10.4 Å². The summed E-state index contributed by atoms with van der Waals surface area (Å²) >= 11 is 0. The van der Waals surface area contributed by atoms with Crippen molar-refractivity contribution in [3.05, 3.63) is 52.3 Å². The molecule has 1 aromatic carbocycles. The van der Waals surface area contributed by atoms with E-state index in [-0.39, 0.29) is 11.3 Å². The van der Waals surface area contributed by atoms with Gasteiger partial charge in [0.15, 0.2) is 0 Å². The highest BCUT2D eigenvalue weighted by molar-refractivity contribution is 5.93. The lowest BCUT2D eigenvalue weighted by Gasteiger charge is -2.06. The van der Waals surface area contributed by atoms with Crippen molar-refractivity contribution in [1.82, 2.24) is 15.1 Å². The number of hydrogen-bond acceptors (Lipinski definition) is 4. The van der Waals surface area contributed by atoms with E-state index < -0.39 is 23.6 Å². The van der Waals surface area contributed by atoms with Crippen molar-refractivity contribution < 1.29 is 22.9 Å². The normalized spacial score (nSPS) is 11.2. The number of nitro benzene ring substituents is 1. The number of carbonyl (C=O) groups excluding carboxylic acids is 1. The van der Waals surface area contributed by atoms with Crippen LogP contribution in [0.5, 0.6) is 0 Å². The summed E-state index contributed by atoms with van der Waals surface area (Å²) in [5, 5.41) is 16.1. The van der Waals surface area contributed by atoms with Gasteiger partial charge < -0.3 is 5.32 Å². The average molecular weight is 314 g/mol. The first-order chi connectivity index (χ1) is 10.3. The predicted molar refractivity (Wildman–Crippen MR) is 68.6 cm³/mol. The van der Waals surface area contributed by atoms with Gasteiger partial charge in [0.05, 0.1) is 22.4 Å². The van der Waals surface area contributed by atoms with Gasteiger partial charge in [0.25, 0.3) is 11.6 Å². The second kappa shape index (κ2) is 5.84. The van der Waals surface area contributed by atoms with Crippen LogP contribution >= 0.6 is 0 Å². The quantitative estimate of drug-likeness (QED) is 0.691. The van der Waals surface area contributed by atoms with Crippen LogP contribution in [0.3, 0.4) is 0 Å². The summed E-state index contributed by atoms with van der Waals surface area (Å²) in [6, 6.07) is 5.31. The monoisotopic (exact) mass is 314 g/mol. The number of benzene rings is 1. The zero-order valence-electron chi connectivity index (χ0n) is 10.9. The molecule has 7 nitrogen and oxygen atoms in total. The Kier molecular flexibility index (Phi) is 4.11. The molecule has 0 aliphatic heterocycles. The Balaban J connectivity index is 2.10. The molecule has 0 aliphatic rings. The molecule has 0 spiro atoms. The minimum absolute atomic E-state index is 0.0531. The van der Waals surface area contributed by atoms with Gasteiger partial charge >= 0.3 is 6.18 Å². The molecule has 1 aromatic heterocycles. The maximum absolute atomic E-state index is 12.0. The molecule has 0 unspecified atom stereocenters. The van der Waals surface area contributed by atoms with Crippen LogP contribution in [-0.2, 0) is 0 Å². The topological polar surface area (TPSA) is 90.1 Å². The second-order valence-electron chi connectivity index (χ2n) is 4.24. The molecule has 0 saturated carbocycles. The summed E-state index contributed by atoms with van der Waals surface area (Å²) in [7, 11) is 0. The van der Waals surface area contributed by atoms with E-state index in [0.717, 1.165) is 6.20 Å². The number of halogens is 3. The van der Waals surface area contributed by atoms with Crippen molar-refractivity contribution in [3.8, 4) is 5.69 Å². The summed E-state index contributed by atoms with van der Waals surface area (Å²) in [5.74, 6) is -0.912. The molecule has 1 heterocycles. The number of alkyl halides is 3. The second-order valence-corrected chi connectivity index (χ2v) is 4.24. The van der Waals surface area contributed by atoms with Crippen LogP contribution in [0, 0.1) is 10.1 Å². The van der Waals surface area contributed by atoms with Gasteiger partial charge in [-0.25, -0.2) is 4.68 Å². The summed E-state index contributed by atoms with van der Waals surface area (Å²) < 4.78 is 37.3. The molecule has 2 rings (SSSR count). The fraction of sp³-hybridized carbons (Fsp3) is 0.167. The Morgan fingerprint density at radius 1 is 1.32 bits per heavy atom. The summed E-state index contributed by atoms with van der Waals surface area (Å²) in [6.07, 6.45) is -2.16. The van der Waals surface area contributed by atoms with Gasteiger partial charge in [-0.3, -0.25) is 14.9 Å². The first kappa shape index (κ1) is 15.5. The molecule has 0 radical (unpaired) electrons. The smallest absolute Gasteiger partial charge is 0.343 e. The van der Waals surface area contributed by atoms with Gasteiger partial charge in [0.2, 0.25) is 0 Å². The third-order valence-electron chi connectivity index (χ3n) is 2.62. The van der Waals surface area contributed by atoms with Crippen LogP contribution < -0.4 is 5.32 Å². The van der Waals surface area contributed by atoms with Crippen molar-refractivity contribution >= 4 is 11.6 Å². The molecule has 0 aliphatic carbocycles. The van der Waals surface area contributed by atoms with Crippen LogP contribution in [0.2, 0.25) is 0 Å². The predicted octanol–water partition coefficient (Wildman–Crippen LogP) is 2.07. The van der Waals surface area contributed by atoms with Gasteiger partial charge in [-0.15, -0.1) is 0 Å². The summed E-state index contributed by atoms with van der Waals surface area (Å²) in [4.78, 5) is 21.5. The maximum Gasteiger partial charge on any atom is 0.405 e. The zero-order valence-corrected chi connectivity index (χ0v) is 10.9. The molecule has 1 N–H and O–H groups in total. The minimum atomic E-state index is -4.50. The number of aromatic nitrogens is 2. The Morgan fingerprint density at radius 2 is 1.95 bits per heavy atom. The average Bonchev–Trinajstić information content (AvgIpc) is 2.94. The van der Waals surface area contributed by atoms with Crippen LogP contribution in [0.25, 0.3) is 5.69 Å². The van der Waals surface area contributed by atoms with E-state index >= 15 is 0 Å². The van der Waals surface area contributed by atoms with Gasteiger partial charge in [-0.2, -0.15) is 18.3 Å². The third kappa shape index (κ3) is 3.81. The first-order valence-electron chi connectivity index (χ1n) is 5.91. The largest absolute Gasteiger partial charge is 0.405 e. The number of amides is 1. The molecule has 10 heteroatoms. The number of non-ortho nitro benzene ring substituents is 1. The molecule has 0 atom stereocenters. The Bertz CT molecular complexity index is 694. The Hall–Kier alpha value is -2.91. The van der Waals surface area contributed by atoms with Crippen LogP contribution in [-0.4, -0.2) is 33.3 Å². The van der Waals surface area contributed by atoms with Crippen molar-refractivity contribution in [3.63, 3.8) is 0 Å². The third-order valence-corrected chi connectivity index (χ3v) is 2.62. The lowest BCUT2D eigenvalue weighted by atomic mass is 10.3. The number of rotatable bonds is 4. The molecular formula is C12H9F3N4O3.